The van der Waals surface area contributed by atoms with E-state index in [9.17, 15) is 13.2 Å². The zero-order valence-corrected chi connectivity index (χ0v) is 14.9. The summed E-state index contributed by atoms with van der Waals surface area (Å²) in [4.78, 5) is 8.98. The third-order valence-corrected chi connectivity index (χ3v) is 5.51. The molecule has 26 heavy (non-hydrogen) atoms. The number of halogens is 3. The van der Waals surface area contributed by atoms with E-state index in [0.717, 1.165) is 43.4 Å². The van der Waals surface area contributed by atoms with E-state index in [-0.39, 0.29) is 0 Å². The molecular weight excluding hydrogens is 359 g/mol. The molecule has 0 amide bonds. The molecule has 4 rings (SSSR count). The zero-order chi connectivity index (χ0) is 18.1. The summed E-state index contributed by atoms with van der Waals surface area (Å²) in [5, 5.41) is 0. The van der Waals surface area contributed by atoms with Crippen molar-refractivity contribution in [3.8, 4) is 0 Å². The van der Waals surface area contributed by atoms with E-state index in [0.29, 0.717) is 12.1 Å². The number of piperazine rings is 1. The lowest BCUT2D eigenvalue weighted by Crippen LogP contribution is -2.46. The van der Waals surface area contributed by atoms with E-state index in [1.165, 1.54) is 16.8 Å². The summed E-state index contributed by atoms with van der Waals surface area (Å²) in [5.41, 5.74) is 4.16. The highest BCUT2D eigenvalue weighted by atomic mass is 32.1. The van der Waals surface area contributed by atoms with Gasteiger partial charge in [-0.15, -0.1) is 11.3 Å². The topological polar surface area (TPSA) is 19.4 Å². The first-order valence-corrected chi connectivity index (χ1v) is 9.34. The molecule has 136 valence electrons. The number of thiazole rings is 1. The van der Waals surface area contributed by atoms with Gasteiger partial charge in [-0.2, -0.15) is 13.2 Å². The second-order valence-corrected chi connectivity index (χ2v) is 7.32. The van der Waals surface area contributed by atoms with Crippen LogP contribution in [0.5, 0.6) is 0 Å². The van der Waals surface area contributed by atoms with E-state index < -0.39 is 11.7 Å². The summed E-state index contributed by atoms with van der Waals surface area (Å²) in [6, 6.07) is 11.8. The summed E-state index contributed by atoms with van der Waals surface area (Å²) in [5.74, 6) is 0. The molecule has 0 spiro atoms. The van der Waals surface area contributed by atoms with Crippen molar-refractivity contribution in [1.82, 2.24) is 9.88 Å². The maximum absolute atomic E-state index is 12.9. The first kappa shape index (κ1) is 17.3. The minimum absolute atomic E-state index is 0.540. The smallest absolute Gasteiger partial charge is 0.367 e. The molecule has 0 N–H and O–H groups in total. The van der Waals surface area contributed by atoms with Gasteiger partial charge in [0.2, 0.25) is 0 Å². The van der Waals surface area contributed by atoms with Crippen LogP contribution in [0.3, 0.4) is 0 Å². The largest absolute Gasteiger partial charge is 0.416 e. The van der Waals surface area contributed by atoms with E-state index in [2.05, 4.69) is 26.9 Å². The highest BCUT2D eigenvalue weighted by molar-refractivity contribution is 7.16. The summed E-state index contributed by atoms with van der Waals surface area (Å²) >= 11 is 1.63. The van der Waals surface area contributed by atoms with Gasteiger partial charge in [-0.05, 0) is 23.8 Å². The molecule has 2 heterocycles. The fraction of sp³-hybridized carbons (Fsp3) is 0.316. The Hall–Kier alpha value is -2.12. The van der Waals surface area contributed by atoms with E-state index in [1.54, 1.807) is 17.4 Å². The molecule has 1 aliphatic rings. The first-order valence-electron chi connectivity index (χ1n) is 8.46. The molecule has 3 aromatic rings. The lowest BCUT2D eigenvalue weighted by atomic mass is 10.1. The van der Waals surface area contributed by atoms with Gasteiger partial charge >= 0.3 is 6.18 Å². The van der Waals surface area contributed by atoms with Crippen LogP contribution < -0.4 is 4.90 Å². The van der Waals surface area contributed by atoms with Gasteiger partial charge in [0.05, 0.1) is 21.5 Å². The number of aromatic nitrogens is 1. The molecule has 0 aliphatic carbocycles. The number of hydrogen-bond acceptors (Lipinski definition) is 4. The van der Waals surface area contributed by atoms with Gasteiger partial charge in [-0.25, -0.2) is 4.98 Å². The number of rotatable bonds is 3. The van der Waals surface area contributed by atoms with Crippen LogP contribution in [-0.4, -0.2) is 36.1 Å². The number of benzene rings is 2. The minimum Gasteiger partial charge on any atom is -0.367 e. The lowest BCUT2D eigenvalue weighted by Gasteiger charge is -2.36. The van der Waals surface area contributed by atoms with E-state index in [4.69, 9.17) is 0 Å². The van der Waals surface area contributed by atoms with Gasteiger partial charge in [-0.3, -0.25) is 4.90 Å². The summed E-state index contributed by atoms with van der Waals surface area (Å²) in [7, 11) is 0. The molecule has 2 aromatic carbocycles. The number of para-hydroxylation sites is 1. The van der Waals surface area contributed by atoms with Gasteiger partial charge < -0.3 is 4.90 Å². The highest BCUT2D eigenvalue weighted by Crippen LogP contribution is 2.31. The van der Waals surface area contributed by atoms with Crippen LogP contribution in [0, 0.1) is 0 Å². The second-order valence-electron chi connectivity index (χ2n) is 6.44. The molecule has 0 radical (unpaired) electrons. The Bertz CT molecular complexity index is 898. The standard InChI is InChI=1S/C19H18F3N3S/c20-19(21,22)15-4-1-3-14(11-15)12-24-7-9-25(10-8-24)16-5-2-6-17-18(16)23-13-26-17/h1-6,11,13H,7-10,12H2. The molecule has 0 saturated carbocycles. The van der Waals surface area contributed by atoms with Crippen molar-refractivity contribution < 1.29 is 13.2 Å². The maximum atomic E-state index is 12.9. The van der Waals surface area contributed by atoms with Crippen LogP contribution in [0.1, 0.15) is 11.1 Å². The third kappa shape index (κ3) is 3.54. The molecule has 0 atom stereocenters. The van der Waals surface area contributed by atoms with Crippen LogP contribution >= 0.6 is 11.3 Å². The van der Waals surface area contributed by atoms with Crippen LogP contribution in [0.15, 0.2) is 48.0 Å². The Labute approximate surface area is 153 Å². The van der Waals surface area contributed by atoms with Crippen LogP contribution in [0.4, 0.5) is 18.9 Å². The Balaban J connectivity index is 1.42. The molecule has 3 nitrogen and oxygen atoms in total. The molecule has 7 heteroatoms. The van der Waals surface area contributed by atoms with Crippen molar-refractivity contribution in [3.63, 3.8) is 0 Å². The Morgan fingerprint density at radius 1 is 1.00 bits per heavy atom. The molecule has 1 fully saturated rings. The van der Waals surface area contributed by atoms with Gasteiger partial charge in [0.25, 0.3) is 0 Å². The number of fused-ring (bicyclic) bond motifs is 1. The summed E-state index contributed by atoms with van der Waals surface area (Å²) in [6.45, 7) is 3.86. The Kier molecular flexibility index (Phi) is 4.58. The maximum Gasteiger partial charge on any atom is 0.416 e. The average molecular weight is 377 g/mol. The quantitative estimate of drug-likeness (QED) is 0.663. The van der Waals surface area contributed by atoms with Crippen molar-refractivity contribution in [1.29, 1.82) is 0 Å². The van der Waals surface area contributed by atoms with Gasteiger partial charge in [0.1, 0.15) is 5.52 Å². The number of alkyl halides is 3. The minimum atomic E-state index is -4.29. The van der Waals surface area contributed by atoms with Gasteiger partial charge in [-0.1, -0.05) is 24.3 Å². The average Bonchev–Trinajstić information content (AvgIpc) is 3.11. The number of hydrogen-bond donors (Lipinski definition) is 0. The first-order chi connectivity index (χ1) is 12.5. The zero-order valence-electron chi connectivity index (χ0n) is 14.0. The number of anilines is 1. The summed E-state index contributed by atoms with van der Waals surface area (Å²) < 4.78 is 39.8. The monoisotopic (exact) mass is 377 g/mol. The van der Waals surface area contributed by atoms with Gasteiger partial charge in [0.15, 0.2) is 0 Å². The van der Waals surface area contributed by atoms with Crippen molar-refractivity contribution >= 4 is 27.2 Å². The van der Waals surface area contributed by atoms with Crippen molar-refractivity contribution in [2.75, 3.05) is 31.1 Å². The van der Waals surface area contributed by atoms with Crippen molar-refractivity contribution in [3.05, 3.63) is 59.1 Å². The predicted molar refractivity (Wildman–Crippen MR) is 98.6 cm³/mol. The number of nitrogens with zero attached hydrogens (tertiary/aromatic N) is 3. The SMILES string of the molecule is FC(F)(F)c1cccc(CN2CCN(c3cccc4scnc34)CC2)c1. The van der Waals surface area contributed by atoms with Crippen LogP contribution in [0.25, 0.3) is 10.2 Å². The molecule has 0 unspecified atom stereocenters. The summed E-state index contributed by atoms with van der Waals surface area (Å²) in [6.07, 6.45) is -4.29. The Morgan fingerprint density at radius 2 is 1.77 bits per heavy atom. The fourth-order valence-corrected chi connectivity index (χ4v) is 4.08. The fourth-order valence-electron chi connectivity index (χ4n) is 3.38. The van der Waals surface area contributed by atoms with Gasteiger partial charge in [0, 0.05) is 32.7 Å². The van der Waals surface area contributed by atoms with Crippen LogP contribution in [0.2, 0.25) is 0 Å². The highest BCUT2D eigenvalue weighted by Gasteiger charge is 2.30. The second kappa shape index (κ2) is 6.89. The normalized spacial score (nSPS) is 16.3. The third-order valence-electron chi connectivity index (χ3n) is 4.71. The molecule has 0 bridgehead atoms. The van der Waals surface area contributed by atoms with Crippen molar-refractivity contribution in [2.24, 2.45) is 0 Å². The Morgan fingerprint density at radius 3 is 2.54 bits per heavy atom. The molecular formula is C19H18F3N3S. The molecule has 1 aromatic heterocycles. The predicted octanol–water partition coefficient (Wildman–Crippen LogP) is 4.64. The molecule has 1 aliphatic heterocycles. The lowest BCUT2D eigenvalue weighted by molar-refractivity contribution is -0.137. The van der Waals surface area contributed by atoms with E-state index in [1.807, 2.05) is 11.6 Å². The van der Waals surface area contributed by atoms with Crippen molar-refractivity contribution in [2.45, 2.75) is 12.7 Å². The van der Waals surface area contributed by atoms with E-state index >= 15 is 0 Å². The molecule has 1 saturated heterocycles. The van der Waals surface area contributed by atoms with Crippen LogP contribution in [-0.2, 0) is 12.7 Å².